The summed E-state index contributed by atoms with van der Waals surface area (Å²) < 4.78 is 0. The lowest BCUT2D eigenvalue weighted by atomic mass is 10.1. The molecule has 0 aliphatic carbocycles. The molecule has 0 aliphatic rings. The van der Waals surface area contributed by atoms with Gasteiger partial charge in [0.05, 0.1) is 17.4 Å². The van der Waals surface area contributed by atoms with Crippen molar-refractivity contribution in [2.24, 2.45) is 5.73 Å². The average molecular weight is 267 g/mol. The van der Waals surface area contributed by atoms with Gasteiger partial charge in [-0.25, -0.2) is 0 Å². The Hall–Kier alpha value is -1.99. The van der Waals surface area contributed by atoms with Crippen LogP contribution in [0.2, 0.25) is 0 Å². The van der Waals surface area contributed by atoms with Crippen molar-refractivity contribution in [2.75, 3.05) is 6.54 Å². The van der Waals surface area contributed by atoms with Gasteiger partial charge in [-0.3, -0.25) is 14.9 Å². The predicted molar refractivity (Wildman–Crippen MR) is 69.5 cm³/mol. The predicted octanol–water partition coefficient (Wildman–Crippen LogP) is -0.0384. The van der Waals surface area contributed by atoms with Gasteiger partial charge in [0, 0.05) is 24.2 Å². The molecule has 0 saturated carbocycles. The van der Waals surface area contributed by atoms with E-state index < -0.39 is 17.1 Å². The first kappa shape index (κ1) is 15.1. The number of hydrogen-bond donors (Lipinski definition) is 3. The van der Waals surface area contributed by atoms with Crippen molar-refractivity contribution in [3.8, 4) is 0 Å². The topological polar surface area (TPSA) is 118 Å². The minimum atomic E-state index is -0.730. The van der Waals surface area contributed by atoms with E-state index in [0.717, 1.165) is 0 Å². The van der Waals surface area contributed by atoms with Crippen LogP contribution in [0.5, 0.6) is 0 Å². The lowest BCUT2D eigenvalue weighted by molar-refractivity contribution is -0.385. The molecule has 1 aromatic rings. The molecule has 7 nitrogen and oxygen atoms in total. The van der Waals surface area contributed by atoms with Gasteiger partial charge < -0.3 is 16.2 Å². The summed E-state index contributed by atoms with van der Waals surface area (Å²) in [6.07, 6.45) is -0.824. The van der Waals surface area contributed by atoms with E-state index in [-0.39, 0.29) is 24.6 Å². The molecular formula is C12H17N3O4. The summed E-state index contributed by atoms with van der Waals surface area (Å²) in [7, 11) is 0. The summed E-state index contributed by atoms with van der Waals surface area (Å²) in [5, 5.41) is 22.5. The zero-order valence-electron chi connectivity index (χ0n) is 10.6. The quantitative estimate of drug-likeness (QED) is 0.493. The fourth-order valence-electron chi connectivity index (χ4n) is 1.48. The molecule has 0 radical (unpaired) electrons. The van der Waals surface area contributed by atoms with Crippen LogP contribution in [0.1, 0.15) is 12.5 Å². The highest BCUT2D eigenvalue weighted by molar-refractivity contribution is 5.79. The number of aliphatic hydroxyl groups excluding tert-OH is 1. The number of nitrogens with two attached hydrogens (primary N) is 1. The lowest BCUT2D eigenvalue weighted by Crippen LogP contribution is -2.44. The van der Waals surface area contributed by atoms with Gasteiger partial charge in [-0.05, 0) is 6.92 Å². The third-order valence-electron chi connectivity index (χ3n) is 2.69. The van der Waals surface area contributed by atoms with Gasteiger partial charge in [0.15, 0.2) is 0 Å². The van der Waals surface area contributed by atoms with Crippen molar-refractivity contribution in [3.63, 3.8) is 0 Å². The highest BCUT2D eigenvalue weighted by Crippen LogP contribution is 2.17. The summed E-state index contributed by atoms with van der Waals surface area (Å²) >= 11 is 0. The summed E-state index contributed by atoms with van der Waals surface area (Å²) in [5.41, 5.74) is 5.82. The van der Waals surface area contributed by atoms with E-state index in [1.807, 2.05) is 0 Å². The molecule has 0 aromatic heterocycles. The normalized spacial score (nSPS) is 13.6. The molecule has 2 atom stereocenters. The molecule has 1 amide bonds. The average Bonchev–Trinajstić information content (AvgIpc) is 2.36. The molecule has 1 rings (SSSR count). The number of nitro groups is 1. The largest absolute Gasteiger partial charge is 0.392 e. The number of hydrogen-bond acceptors (Lipinski definition) is 5. The summed E-state index contributed by atoms with van der Waals surface area (Å²) in [6, 6.07) is 5.51. The Bertz CT molecular complexity index is 462. The van der Waals surface area contributed by atoms with Crippen LogP contribution in [0, 0.1) is 10.1 Å². The number of rotatable bonds is 6. The molecule has 7 heteroatoms. The van der Waals surface area contributed by atoms with Crippen LogP contribution in [0.4, 0.5) is 5.69 Å². The first-order valence-electron chi connectivity index (χ1n) is 5.84. The summed E-state index contributed by atoms with van der Waals surface area (Å²) in [4.78, 5) is 21.9. The maximum absolute atomic E-state index is 11.6. The monoisotopic (exact) mass is 267 g/mol. The van der Waals surface area contributed by atoms with E-state index in [1.54, 1.807) is 12.1 Å². The number of para-hydroxylation sites is 1. The Morgan fingerprint density at radius 1 is 1.53 bits per heavy atom. The maximum atomic E-state index is 11.6. The lowest BCUT2D eigenvalue weighted by Gasteiger charge is -2.15. The van der Waals surface area contributed by atoms with Gasteiger partial charge >= 0.3 is 0 Å². The number of nitro benzene ring substituents is 1. The first-order chi connectivity index (χ1) is 8.91. The summed E-state index contributed by atoms with van der Waals surface area (Å²) in [6.45, 7) is 1.65. The van der Waals surface area contributed by atoms with Crippen molar-refractivity contribution in [3.05, 3.63) is 39.9 Å². The van der Waals surface area contributed by atoms with Gasteiger partial charge in [-0.1, -0.05) is 18.2 Å². The molecule has 19 heavy (non-hydrogen) atoms. The molecule has 0 heterocycles. The van der Waals surface area contributed by atoms with E-state index in [4.69, 9.17) is 5.73 Å². The van der Waals surface area contributed by atoms with Crippen LogP contribution < -0.4 is 11.1 Å². The number of nitrogens with zero attached hydrogens (tertiary/aromatic N) is 1. The Morgan fingerprint density at radius 3 is 2.74 bits per heavy atom. The van der Waals surface area contributed by atoms with Crippen molar-refractivity contribution >= 4 is 11.6 Å². The van der Waals surface area contributed by atoms with Gasteiger partial charge in [-0.15, -0.1) is 0 Å². The van der Waals surface area contributed by atoms with Crippen molar-refractivity contribution in [2.45, 2.75) is 25.5 Å². The number of carbonyl (C=O) groups excluding carboxylic acids is 1. The van der Waals surface area contributed by atoms with E-state index >= 15 is 0 Å². The van der Waals surface area contributed by atoms with Crippen LogP contribution in [-0.4, -0.2) is 34.6 Å². The molecule has 2 unspecified atom stereocenters. The fourth-order valence-corrected chi connectivity index (χ4v) is 1.48. The van der Waals surface area contributed by atoms with Crippen molar-refractivity contribution in [1.82, 2.24) is 5.32 Å². The van der Waals surface area contributed by atoms with Crippen LogP contribution >= 0.6 is 0 Å². The highest BCUT2D eigenvalue weighted by atomic mass is 16.6. The maximum Gasteiger partial charge on any atom is 0.273 e. The van der Waals surface area contributed by atoms with Crippen LogP contribution in [-0.2, 0) is 11.2 Å². The molecule has 0 aliphatic heterocycles. The van der Waals surface area contributed by atoms with E-state index in [0.29, 0.717) is 5.56 Å². The molecule has 0 saturated heterocycles. The second-order valence-electron chi connectivity index (χ2n) is 4.27. The molecular weight excluding hydrogens is 250 g/mol. The molecule has 0 fully saturated rings. The molecule has 4 N–H and O–H groups in total. The van der Waals surface area contributed by atoms with Gasteiger partial charge in [0.25, 0.3) is 5.69 Å². The smallest absolute Gasteiger partial charge is 0.273 e. The Morgan fingerprint density at radius 2 is 2.16 bits per heavy atom. The highest BCUT2D eigenvalue weighted by Gasteiger charge is 2.16. The number of benzene rings is 1. The van der Waals surface area contributed by atoms with Crippen LogP contribution in [0.25, 0.3) is 0 Å². The number of carbonyl (C=O) groups is 1. The fraction of sp³-hybridized carbons (Fsp3) is 0.417. The van der Waals surface area contributed by atoms with E-state index in [2.05, 4.69) is 5.32 Å². The molecule has 1 aromatic carbocycles. The third kappa shape index (κ3) is 4.65. The first-order valence-corrected chi connectivity index (χ1v) is 5.84. The minimum Gasteiger partial charge on any atom is -0.392 e. The molecule has 0 bridgehead atoms. The Labute approximate surface area is 110 Å². The van der Waals surface area contributed by atoms with Crippen molar-refractivity contribution in [1.29, 1.82) is 0 Å². The standard InChI is InChI=1S/C12H17N3O4/c1-8(16)10(13)7-14-12(17)6-9-4-2-3-5-11(9)15(18)19/h2-5,8,10,16H,6-7,13H2,1H3,(H,14,17). The second kappa shape index (κ2) is 6.81. The molecule has 104 valence electrons. The second-order valence-corrected chi connectivity index (χ2v) is 4.27. The Balaban J connectivity index is 2.60. The van der Waals surface area contributed by atoms with E-state index in [1.165, 1.54) is 19.1 Å². The number of amides is 1. The minimum absolute atomic E-state index is 0.0857. The number of aliphatic hydroxyl groups is 1. The third-order valence-corrected chi connectivity index (χ3v) is 2.69. The van der Waals surface area contributed by atoms with E-state index in [9.17, 15) is 20.0 Å². The van der Waals surface area contributed by atoms with Crippen LogP contribution in [0.15, 0.2) is 24.3 Å². The zero-order chi connectivity index (χ0) is 14.4. The summed E-state index contributed by atoms with van der Waals surface area (Å²) in [5.74, 6) is -0.370. The zero-order valence-corrected chi connectivity index (χ0v) is 10.6. The van der Waals surface area contributed by atoms with Crippen LogP contribution in [0.3, 0.4) is 0 Å². The van der Waals surface area contributed by atoms with Gasteiger partial charge in [-0.2, -0.15) is 0 Å². The van der Waals surface area contributed by atoms with Gasteiger partial charge in [0.1, 0.15) is 0 Å². The van der Waals surface area contributed by atoms with Gasteiger partial charge in [0.2, 0.25) is 5.91 Å². The molecule has 0 spiro atoms. The SMILES string of the molecule is CC(O)C(N)CNC(=O)Cc1ccccc1[N+](=O)[O-]. The van der Waals surface area contributed by atoms with Crippen molar-refractivity contribution < 1.29 is 14.8 Å². The number of nitrogens with one attached hydrogen (secondary N) is 1. The Kier molecular flexibility index (Phi) is 5.40.